The second-order valence-corrected chi connectivity index (χ2v) is 8.73. The first-order valence-corrected chi connectivity index (χ1v) is 11.6. The highest BCUT2D eigenvalue weighted by molar-refractivity contribution is 7.99. The molecule has 1 aromatic carbocycles. The van der Waals surface area contributed by atoms with Crippen molar-refractivity contribution >= 4 is 22.7 Å². The summed E-state index contributed by atoms with van der Waals surface area (Å²) < 4.78 is 20.7. The number of hydrogen-bond donors (Lipinski definition) is 0. The number of nitrogens with zero attached hydrogens (tertiary/aromatic N) is 5. The normalized spacial score (nSPS) is 15.1. The predicted octanol–water partition coefficient (Wildman–Crippen LogP) is 4.15. The molecule has 0 N–H and O–H groups in total. The number of benzene rings is 1. The number of morpholine rings is 1. The van der Waals surface area contributed by atoms with E-state index in [2.05, 4.69) is 26.4 Å². The Kier molecular flexibility index (Phi) is 7.66. The minimum absolute atomic E-state index is 0.238. The SMILES string of the molecule is Fc1ccc2c(SCCCCCCn3cc(CN4CCOCC4)nn3)ccnc2c1. The lowest BCUT2D eigenvalue weighted by Crippen LogP contribution is -2.35. The zero-order chi connectivity index (χ0) is 20.6. The van der Waals surface area contributed by atoms with Crippen molar-refractivity contribution in [2.24, 2.45) is 0 Å². The Hall–Kier alpha value is -2.03. The van der Waals surface area contributed by atoms with Crippen molar-refractivity contribution in [2.75, 3.05) is 32.1 Å². The first-order chi connectivity index (χ1) is 14.8. The predicted molar refractivity (Wildman–Crippen MR) is 117 cm³/mol. The molecule has 0 bridgehead atoms. The Morgan fingerprint density at radius 1 is 1.07 bits per heavy atom. The topological polar surface area (TPSA) is 56.1 Å². The highest BCUT2D eigenvalue weighted by Crippen LogP contribution is 2.28. The fourth-order valence-electron chi connectivity index (χ4n) is 3.64. The number of rotatable bonds is 10. The minimum Gasteiger partial charge on any atom is -0.379 e. The molecule has 1 saturated heterocycles. The molecule has 3 heterocycles. The monoisotopic (exact) mass is 429 g/mol. The minimum atomic E-state index is -0.238. The molecule has 0 radical (unpaired) electrons. The van der Waals surface area contributed by atoms with Crippen LogP contribution in [0.4, 0.5) is 4.39 Å². The average molecular weight is 430 g/mol. The first kappa shape index (κ1) is 21.2. The first-order valence-electron chi connectivity index (χ1n) is 10.6. The molecule has 1 aliphatic rings. The second kappa shape index (κ2) is 10.8. The Labute approximate surface area is 180 Å². The van der Waals surface area contributed by atoms with Crippen LogP contribution in [-0.2, 0) is 17.8 Å². The molecule has 30 heavy (non-hydrogen) atoms. The highest BCUT2D eigenvalue weighted by atomic mass is 32.2. The fraction of sp³-hybridized carbons (Fsp3) is 0.500. The van der Waals surface area contributed by atoms with Crippen molar-refractivity contribution in [3.05, 3.63) is 48.2 Å². The zero-order valence-corrected chi connectivity index (χ0v) is 18.0. The molecule has 3 aromatic rings. The Morgan fingerprint density at radius 2 is 1.93 bits per heavy atom. The molecule has 0 atom stereocenters. The molecule has 0 saturated carbocycles. The summed E-state index contributed by atoms with van der Waals surface area (Å²) in [5.74, 6) is 0.821. The average Bonchev–Trinajstić information content (AvgIpc) is 3.20. The van der Waals surface area contributed by atoms with E-state index in [0.717, 1.165) is 74.6 Å². The summed E-state index contributed by atoms with van der Waals surface area (Å²) in [6, 6.07) is 6.84. The quantitative estimate of drug-likeness (QED) is 0.356. The van der Waals surface area contributed by atoms with Crippen molar-refractivity contribution in [1.29, 1.82) is 0 Å². The molecule has 0 aliphatic carbocycles. The number of halogens is 1. The number of aromatic nitrogens is 4. The van der Waals surface area contributed by atoms with Crippen LogP contribution in [-0.4, -0.2) is 56.9 Å². The van der Waals surface area contributed by atoms with Gasteiger partial charge in [0.25, 0.3) is 0 Å². The van der Waals surface area contributed by atoms with Crippen LogP contribution in [0.15, 0.2) is 41.6 Å². The summed E-state index contributed by atoms with van der Waals surface area (Å²) in [5, 5.41) is 9.59. The summed E-state index contributed by atoms with van der Waals surface area (Å²) in [4.78, 5) is 7.80. The van der Waals surface area contributed by atoms with Crippen molar-refractivity contribution in [3.63, 3.8) is 0 Å². The number of pyridine rings is 1. The molecule has 0 amide bonds. The molecule has 0 spiro atoms. The van der Waals surface area contributed by atoms with E-state index in [1.807, 2.05) is 28.6 Å². The van der Waals surface area contributed by atoms with Gasteiger partial charge in [-0.25, -0.2) is 4.39 Å². The van der Waals surface area contributed by atoms with Crippen molar-refractivity contribution in [1.82, 2.24) is 24.9 Å². The van der Waals surface area contributed by atoms with Crippen LogP contribution in [0.3, 0.4) is 0 Å². The number of unbranched alkanes of at least 4 members (excludes halogenated alkanes) is 3. The van der Waals surface area contributed by atoms with Crippen molar-refractivity contribution in [2.45, 2.75) is 43.7 Å². The molecular formula is C22H28FN5OS. The summed E-state index contributed by atoms with van der Waals surface area (Å²) in [6.07, 6.45) is 8.48. The van der Waals surface area contributed by atoms with Gasteiger partial charge in [0.05, 0.1) is 24.4 Å². The lowest BCUT2D eigenvalue weighted by atomic mass is 10.2. The number of hydrogen-bond acceptors (Lipinski definition) is 6. The summed E-state index contributed by atoms with van der Waals surface area (Å²) in [5.41, 5.74) is 1.76. The second-order valence-electron chi connectivity index (χ2n) is 7.59. The van der Waals surface area contributed by atoms with Gasteiger partial charge in [-0.1, -0.05) is 18.1 Å². The third-order valence-corrected chi connectivity index (χ3v) is 6.44. The van der Waals surface area contributed by atoms with Gasteiger partial charge in [0, 0.05) is 54.9 Å². The van der Waals surface area contributed by atoms with Crippen molar-refractivity contribution in [3.8, 4) is 0 Å². The summed E-state index contributed by atoms with van der Waals surface area (Å²) in [7, 11) is 0. The fourth-order valence-corrected chi connectivity index (χ4v) is 4.69. The summed E-state index contributed by atoms with van der Waals surface area (Å²) in [6.45, 7) is 5.33. The molecule has 6 nitrogen and oxygen atoms in total. The van der Waals surface area contributed by atoms with E-state index in [1.165, 1.54) is 29.9 Å². The lowest BCUT2D eigenvalue weighted by molar-refractivity contribution is 0.0336. The van der Waals surface area contributed by atoms with E-state index in [4.69, 9.17) is 4.74 Å². The Morgan fingerprint density at radius 3 is 2.83 bits per heavy atom. The van der Waals surface area contributed by atoms with Crippen LogP contribution in [0, 0.1) is 5.82 Å². The van der Waals surface area contributed by atoms with Gasteiger partial charge in [-0.05, 0) is 36.8 Å². The molecule has 8 heteroatoms. The van der Waals surface area contributed by atoms with E-state index in [0.29, 0.717) is 0 Å². The van der Waals surface area contributed by atoms with Gasteiger partial charge in [-0.2, -0.15) is 0 Å². The number of fused-ring (bicyclic) bond motifs is 1. The van der Waals surface area contributed by atoms with Crippen LogP contribution < -0.4 is 0 Å². The van der Waals surface area contributed by atoms with Gasteiger partial charge in [-0.3, -0.25) is 14.6 Å². The van der Waals surface area contributed by atoms with Gasteiger partial charge in [0.1, 0.15) is 5.82 Å². The van der Waals surface area contributed by atoms with Crippen LogP contribution in [0.5, 0.6) is 0 Å². The zero-order valence-electron chi connectivity index (χ0n) is 17.2. The largest absolute Gasteiger partial charge is 0.379 e. The number of aryl methyl sites for hydroxylation is 1. The van der Waals surface area contributed by atoms with Gasteiger partial charge in [0.15, 0.2) is 0 Å². The van der Waals surface area contributed by atoms with E-state index in [9.17, 15) is 4.39 Å². The molecule has 1 fully saturated rings. The number of thioether (sulfide) groups is 1. The smallest absolute Gasteiger partial charge is 0.125 e. The number of ether oxygens (including phenoxy) is 1. The maximum atomic E-state index is 13.4. The van der Waals surface area contributed by atoms with Gasteiger partial charge < -0.3 is 4.74 Å². The Bertz CT molecular complexity index is 944. The van der Waals surface area contributed by atoms with E-state index in [1.54, 1.807) is 6.20 Å². The van der Waals surface area contributed by atoms with E-state index >= 15 is 0 Å². The maximum Gasteiger partial charge on any atom is 0.125 e. The summed E-state index contributed by atoms with van der Waals surface area (Å²) >= 11 is 1.83. The van der Waals surface area contributed by atoms with Gasteiger partial charge in [0.2, 0.25) is 0 Å². The van der Waals surface area contributed by atoms with Crippen LogP contribution in [0.1, 0.15) is 31.4 Å². The van der Waals surface area contributed by atoms with Crippen LogP contribution >= 0.6 is 11.8 Å². The van der Waals surface area contributed by atoms with Crippen LogP contribution in [0.25, 0.3) is 10.9 Å². The molecule has 4 rings (SSSR count). The molecular weight excluding hydrogens is 401 g/mol. The molecule has 160 valence electrons. The van der Waals surface area contributed by atoms with E-state index in [-0.39, 0.29) is 5.82 Å². The lowest BCUT2D eigenvalue weighted by Gasteiger charge is -2.25. The third-order valence-electron chi connectivity index (χ3n) is 5.28. The maximum absolute atomic E-state index is 13.4. The molecule has 1 aliphatic heterocycles. The van der Waals surface area contributed by atoms with Crippen LogP contribution in [0.2, 0.25) is 0 Å². The third kappa shape index (κ3) is 6.00. The standard InChI is InChI=1S/C22H28FN5OS/c23-18-5-6-20-21(15-18)24-8-7-22(20)30-14-4-2-1-3-9-28-17-19(25-26-28)16-27-10-12-29-13-11-27/h5-8,15,17H,1-4,9-14,16H2. The van der Waals surface area contributed by atoms with Crippen molar-refractivity contribution < 1.29 is 9.13 Å². The Balaban J connectivity index is 1.12. The molecule has 2 aromatic heterocycles. The van der Waals surface area contributed by atoms with Gasteiger partial charge >= 0.3 is 0 Å². The van der Waals surface area contributed by atoms with E-state index < -0.39 is 0 Å². The molecule has 0 unspecified atom stereocenters. The highest BCUT2D eigenvalue weighted by Gasteiger charge is 2.12. The van der Waals surface area contributed by atoms with Gasteiger partial charge in [-0.15, -0.1) is 16.9 Å².